The first-order chi connectivity index (χ1) is 5.63. The third-order valence-electron chi connectivity index (χ3n) is 2.21. The lowest BCUT2D eigenvalue weighted by atomic mass is 9.92. The van der Waals surface area contributed by atoms with Gasteiger partial charge < -0.3 is 4.74 Å². The number of carbonyl (C=O) groups excluding carboxylic acids is 2. The van der Waals surface area contributed by atoms with Gasteiger partial charge in [-0.2, -0.15) is 0 Å². The molecule has 0 aromatic carbocycles. The quantitative estimate of drug-likeness (QED) is 0.592. The molecule has 0 spiro atoms. The van der Waals surface area contributed by atoms with E-state index >= 15 is 0 Å². The van der Waals surface area contributed by atoms with E-state index in [1.54, 1.807) is 0 Å². The smallest absolute Gasteiger partial charge is 0.142 e. The Balaban J connectivity index is 2.64. The van der Waals surface area contributed by atoms with Gasteiger partial charge in [0.2, 0.25) is 0 Å². The van der Waals surface area contributed by atoms with Crippen LogP contribution in [0.5, 0.6) is 0 Å². The third-order valence-corrected chi connectivity index (χ3v) is 2.21. The molecule has 0 radical (unpaired) electrons. The van der Waals surface area contributed by atoms with Crippen molar-refractivity contribution in [3.05, 3.63) is 0 Å². The van der Waals surface area contributed by atoms with E-state index in [9.17, 15) is 9.59 Å². The van der Waals surface area contributed by atoms with Crippen LogP contribution in [-0.2, 0) is 14.3 Å². The molecule has 0 aromatic rings. The first-order valence-corrected chi connectivity index (χ1v) is 4.25. The van der Waals surface area contributed by atoms with Gasteiger partial charge in [-0.05, 0) is 26.7 Å². The lowest BCUT2D eigenvalue weighted by Crippen LogP contribution is -2.31. The van der Waals surface area contributed by atoms with Gasteiger partial charge in [0.25, 0.3) is 0 Å². The Morgan fingerprint density at radius 1 is 1.33 bits per heavy atom. The van der Waals surface area contributed by atoms with Crippen molar-refractivity contribution >= 4 is 11.6 Å². The Hall–Kier alpha value is -0.700. The third kappa shape index (κ3) is 1.91. The minimum absolute atomic E-state index is 0.0746. The summed E-state index contributed by atoms with van der Waals surface area (Å²) in [5.41, 5.74) is 0. The van der Waals surface area contributed by atoms with E-state index in [-0.39, 0.29) is 17.7 Å². The Kier molecular flexibility index (Phi) is 2.98. The van der Waals surface area contributed by atoms with E-state index in [4.69, 9.17) is 4.74 Å². The maximum Gasteiger partial charge on any atom is 0.142 e. The summed E-state index contributed by atoms with van der Waals surface area (Å²) in [5.74, 6) is -0.670. The summed E-state index contributed by atoms with van der Waals surface area (Å²) in [4.78, 5) is 22.1. The van der Waals surface area contributed by atoms with Gasteiger partial charge in [-0.1, -0.05) is 0 Å². The van der Waals surface area contributed by atoms with Crippen molar-refractivity contribution in [2.24, 2.45) is 5.92 Å². The number of rotatable bonds is 3. The highest BCUT2D eigenvalue weighted by molar-refractivity contribution is 6.00. The molecule has 0 aliphatic carbocycles. The molecule has 0 amide bonds. The fraction of sp³-hybridized carbons (Fsp3) is 0.778. The normalized spacial score (nSPS) is 23.1. The van der Waals surface area contributed by atoms with Crippen LogP contribution in [0.25, 0.3) is 0 Å². The molecule has 0 aromatic heterocycles. The van der Waals surface area contributed by atoms with Crippen LogP contribution in [0, 0.1) is 5.92 Å². The van der Waals surface area contributed by atoms with Crippen molar-refractivity contribution in [1.29, 1.82) is 0 Å². The molecule has 12 heavy (non-hydrogen) atoms. The fourth-order valence-corrected chi connectivity index (χ4v) is 1.68. The van der Waals surface area contributed by atoms with E-state index < -0.39 is 5.92 Å². The van der Waals surface area contributed by atoms with Crippen LogP contribution in [0.1, 0.15) is 26.7 Å². The van der Waals surface area contributed by atoms with Crippen molar-refractivity contribution < 1.29 is 14.3 Å². The second-order valence-corrected chi connectivity index (χ2v) is 3.25. The number of hydrogen-bond donors (Lipinski definition) is 0. The Morgan fingerprint density at radius 2 is 1.92 bits per heavy atom. The second kappa shape index (κ2) is 3.81. The van der Waals surface area contributed by atoms with Crippen molar-refractivity contribution in [3.8, 4) is 0 Å². The highest BCUT2D eigenvalue weighted by Gasteiger charge is 2.32. The zero-order valence-corrected chi connectivity index (χ0v) is 7.50. The zero-order chi connectivity index (χ0) is 9.14. The summed E-state index contributed by atoms with van der Waals surface area (Å²) < 4.78 is 5.30. The molecule has 1 aliphatic heterocycles. The Labute approximate surface area is 72.1 Å². The van der Waals surface area contributed by atoms with Crippen LogP contribution in [0.2, 0.25) is 0 Å². The van der Waals surface area contributed by atoms with Crippen LogP contribution in [-0.4, -0.2) is 24.3 Å². The highest BCUT2D eigenvalue weighted by Crippen LogP contribution is 2.21. The Bertz CT molecular complexity index is 178. The molecule has 1 atom stereocenters. The van der Waals surface area contributed by atoms with Gasteiger partial charge >= 0.3 is 0 Å². The molecule has 1 saturated heterocycles. The molecule has 3 heteroatoms. The molecule has 1 unspecified atom stereocenters. The summed E-state index contributed by atoms with van der Waals surface area (Å²) in [5, 5.41) is 0. The lowest BCUT2D eigenvalue weighted by Gasteiger charge is -2.16. The number of ketones is 2. The van der Waals surface area contributed by atoms with Crippen LogP contribution in [0.3, 0.4) is 0 Å². The molecule has 1 aliphatic rings. The van der Waals surface area contributed by atoms with Crippen LogP contribution < -0.4 is 0 Å². The van der Waals surface area contributed by atoms with E-state index in [1.807, 2.05) is 0 Å². The van der Waals surface area contributed by atoms with Crippen LogP contribution in [0.4, 0.5) is 0 Å². The number of ether oxygens (including phenoxy) is 1. The average Bonchev–Trinajstić information content (AvgIpc) is 2.37. The Morgan fingerprint density at radius 3 is 2.25 bits per heavy atom. The average molecular weight is 170 g/mol. The monoisotopic (exact) mass is 170 g/mol. The van der Waals surface area contributed by atoms with Gasteiger partial charge in [-0.25, -0.2) is 0 Å². The molecule has 0 N–H and O–H groups in total. The molecular formula is C9H14O3. The van der Waals surface area contributed by atoms with E-state index in [1.165, 1.54) is 13.8 Å². The molecule has 1 fully saturated rings. The van der Waals surface area contributed by atoms with Gasteiger partial charge in [-0.15, -0.1) is 0 Å². The predicted molar refractivity (Wildman–Crippen MR) is 43.8 cm³/mol. The van der Waals surface area contributed by atoms with Crippen molar-refractivity contribution in [2.75, 3.05) is 6.61 Å². The molecule has 1 heterocycles. The minimum Gasteiger partial charge on any atom is -0.377 e. The first kappa shape index (κ1) is 9.39. The van der Waals surface area contributed by atoms with Gasteiger partial charge in [0, 0.05) is 6.61 Å². The standard InChI is InChI=1S/C9H14O3/c1-6(10)9(7(2)11)8-4-3-5-12-8/h8-9H,3-5H2,1-2H3. The predicted octanol–water partition coefficient (Wildman–Crippen LogP) is 0.960. The van der Waals surface area contributed by atoms with Crippen LogP contribution in [0.15, 0.2) is 0 Å². The second-order valence-electron chi connectivity index (χ2n) is 3.25. The van der Waals surface area contributed by atoms with E-state index in [0.29, 0.717) is 6.61 Å². The molecular weight excluding hydrogens is 156 g/mol. The lowest BCUT2D eigenvalue weighted by molar-refractivity contribution is -0.135. The maximum atomic E-state index is 11.1. The molecule has 0 bridgehead atoms. The largest absolute Gasteiger partial charge is 0.377 e. The summed E-state index contributed by atoms with van der Waals surface area (Å²) in [6, 6.07) is 0. The van der Waals surface area contributed by atoms with Gasteiger partial charge in [0.15, 0.2) is 0 Å². The van der Waals surface area contributed by atoms with Crippen molar-refractivity contribution in [2.45, 2.75) is 32.8 Å². The summed E-state index contributed by atoms with van der Waals surface area (Å²) in [7, 11) is 0. The number of hydrogen-bond acceptors (Lipinski definition) is 3. The summed E-state index contributed by atoms with van der Waals surface area (Å²) in [6.07, 6.45) is 1.64. The summed E-state index contributed by atoms with van der Waals surface area (Å²) in [6.45, 7) is 3.59. The SMILES string of the molecule is CC(=O)C(C(C)=O)C1CCCO1. The topological polar surface area (TPSA) is 43.4 Å². The zero-order valence-electron chi connectivity index (χ0n) is 7.50. The maximum absolute atomic E-state index is 11.1. The van der Waals surface area contributed by atoms with Gasteiger partial charge in [-0.3, -0.25) is 9.59 Å². The molecule has 68 valence electrons. The highest BCUT2D eigenvalue weighted by atomic mass is 16.5. The summed E-state index contributed by atoms with van der Waals surface area (Å²) >= 11 is 0. The van der Waals surface area contributed by atoms with Gasteiger partial charge in [0.05, 0.1) is 6.10 Å². The molecule has 1 rings (SSSR count). The molecule has 0 saturated carbocycles. The minimum atomic E-state index is -0.521. The van der Waals surface area contributed by atoms with Crippen LogP contribution >= 0.6 is 0 Å². The van der Waals surface area contributed by atoms with Crippen molar-refractivity contribution in [3.63, 3.8) is 0 Å². The first-order valence-electron chi connectivity index (χ1n) is 4.25. The van der Waals surface area contributed by atoms with Gasteiger partial charge in [0.1, 0.15) is 17.5 Å². The molecule has 3 nitrogen and oxygen atoms in total. The van der Waals surface area contributed by atoms with E-state index in [2.05, 4.69) is 0 Å². The fourth-order valence-electron chi connectivity index (χ4n) is 1.68. The number of Topliss-reactive ketones (excluding diaryl/α,β-unsaturated/α-hetero) is 2. The van der Waals surface area contributed by atoms with E-state index in [0.717, 1.165) is 12.8 Å². The number of carbonyl (C=O) groups is 2. The van der Waals surface area contributed by atoms with Crippen molar-refractivity contribution in [1.82, 2.24) is 0 Å².